The summed E-state index contributed by atoms with van der Waals surface area (Å²) in [5, 5.41) is 10.4. The highest BCUT2D eigenvalue weighted by Gasteiger charge is 2.41. The molecule has 0 aliphatic carbocycles. The van der Waals surface area contributed by atoms with Gasteiger partial charge in [-0.05, 0) is 38.4 Å². The van der Waals surface area contributed by atoms with E-state index in [-0.39, 0.29) is 11.7 Å². The zero-order valence-electron chi connectivity index (χ0n) is 11.6. The van der Waals surface area contributed by atoms with Gasteiger partial charge in [0, 0.05) is 18.5 Å². The van der Waals surface area contributed by atoms with E-state index in [1.807, 2.05) is 24.3 Å². The minimum atomic E-state index is -0.377. The lowest BCUT2D eigenvalue weighted by Crippen LogP contribution is -2.42. The van der Waals surface area contributed by atoms with Gasteiger partial charge in [0.15, 0.2) is 0 Å². The first-order valence-electron chi connectivity index (χ1n) is 7.41. The Hall–Kier alpha value is -1.06. The molecule has 19 heavy (non-hydrogen) atoms. The van der Waals surface area contributed by atoms with E-state index in [0.717, 1.165) is 56.6 Å². The Bertz CT molecular complexity index is 448. The van der Waals surface area contributed by atoms with Crippen LogP contribution < -0.4 is 4.74 Å². The van der Waals surface area contributed by atoms with Crippen molar-refractivity contribution in [3.63, 3.8) is 0 Å². The van der Waals surface area contributed by atoms with Crippen molar-refractivity contribution in [1.82, 2.24) is 4.90 Å². The third kappa shape index (κ3) is 2.49. The van der Waals surface area contributed by atoms with Gasteiger partial charge in [-0.2, -0.15) is 0 Å². The third-order valence-electron chi connectivity index (χ3n) is 4.61. The molecule has 0 saturated carbocycles. The van der Waals surface area contributed by atoms with Crippen LogP contribution in [0.1, 0.15) is 44.3 Å². The molecule has 0 radical (unpaired) electrons. The Morgan fingerprint density at radius 3 is 3.00 bits per heavy atom. The minimum Gasteiger partial charge on any atom is -0.487 e. The molecule has 2 atom stereocenters. The first-order chi connectivity index (χ1) is 9.22. The zero-order valence-corrected chi connectivity index (χ0v) is 11.6. The summed E-state index contributed by atoms with van der Waals surface area (Å²) in [6, 6.07) is 7.92. The molecule has 1 unspecified atom stereocenters. The van der Waals surface area contributed by atoms with Crippen molar-refractivity contribution >= 4 is 0 Å². The average molecular weight is 261 g/mol. The maximum atomic E-state index is 10.4. The lowest BCUT2D eigenvalue weighted by atomic mass is 9.83. The summed E-state index contributed by atoms with van der Waals surface area (Å²) in [5.74, 6) is 0.881. The molecule has 3 rings (SSSR count). The number of hydrogen-bond donors (Lipinski definition) is 1. The van der Waals surface area contributed by atoms with Crippen molar-refractivity contribution in [3.05, 3.63) is 29.8 Å². The third-order valence-corrected chi connectivity index (χ3v) is 4.61. The summed E-state index contributed by atoms with van der Waals surface area (Å²) in [5.41, 5.74) is 0.794. The van der Waals surface area contributed by atoms with E-state index < -0.39 is 0 Å². The predicted molar refractivity (Wildman–Crippen MR) is 75.3 cm³/mol. The molecule has 1 aromatic rings. The molecule has 1 spiro atoms. The summed E-state index contributed by atoms with van der Waals surface area (Å²) in [7, 11) is 0. The Balaban J connectivity index is 1.83. The van der Waals surface area contributed by atoms with Gasteiger partial charge in [-0.15, -0.1) is 0 Å². The van der Waals surface area contributed by atoms with Crippen LogP contribution in [-0.2, 0) is 0 Å². The van der Waals surface area contributed by atoms with Gasteiger partial charge in [-0.1, -0.05) is 25.1 Å². The van der Waals surface area contributed by atoms with Crippen LogP contribution in [0.5, 0.6) is 5.75 Å². The number of benzene rings is 1. The average Bonchev–Trinajstić information content (AvgIpc) is 2.61. The van der Waals surface area contributed by atoms with Crippen LogP contribution in [-0.4, -0.2) is 35.2 Å². The fourth-order valence-electron chi connectivity index (χ4n) is 3.43. The molecule has 0 aromatic heterocycles. The topological polar surface area (TPSA) is 32.7 Å². The number of para-hydroxylation sites is 1. The molecule has 0 amide bonds. The molecule has 0 bridgehead atoms. The van der Waals surface area contributed by atoms with Crippen LogP contribution in [0, 0.1) is 0 Å². The van der Waals surface area contributed by atoms with Gasteiger partial charge in [-0.25, -0.2) is 0 Å². The number of hydrogen-bond acceptors (Lipinski definition) is 3. The number of fused-ring (bicyclic) bond motifs is 1. The molecule has 2 heterocycles. The Kier molecular flexibility index (Phi) is 3.50. The van der Waals surface area contributed by atoms with Gasteiger partial charge in [0.05, 0.1) is 6.10 Å². The highest BCUT2D eigenvalue weighted by atomic mass is 16.5. The summed E-state index contributed by atoms with van der Waals surface area (Å²) < 4.78 is 6.32. The SMILES string of the molecule is CCN1CCCC2(CC1)C[C@@H](O)c1ccccc1O2. The van der Waals surface area contributed by atoms with Gasteiger partial charge in [0.2, 0.25) is 0 Å². The van der Waals surface area contributed by atoms with Gasteiger partial charge in [0.1, 0.15) is 11.4 Å². The van der Waals surface area contributed by atoms with Crippen molar-refractivity contribution in [1.29, 1.82) is 0 Å². The van der Waals surface area contributed by atoms with Crippen LogP contribution in [0.2, 0.25) is 0 Å². The number of nitrogens with zero attached hydrogens (tertiary/aromatic N) is 1. The molecule has 1 N–H and O–H groups in total. The standard InChI is InChI=1S/C16H23NO2/c1-2-17-10-5-8-16(9-11-17)12-14(18)13-6-3-4-7-15(13)19-16/h3-4,6-7,14,18H,2,5,8-12H2,1H3/t14-,16?/m1/s1. The predicted octanol–water partition coefficient (Wildman–Crippen LogP) is 2.75. The second kappa shape index (κ2) is 5.14. The minimum absolute atomic E-state index is 0.155. The Morgan fingerprint density at radius 2 is 2.16 bits per heavy atom. The molecule has 1 aromatic carbocycles. The highest BCUT2D eigenvalue weighted by molar-refractivity contribution is 5.38. The van der Waals surface area contributed by atoms with Crippen LogP contribution in [0.15, 0.2) is 24.3 Å². The number of aliphatic hydroxyl groups is 1. The van der Waals surface area contributed by atoms with Gasteiger partial charge in [0.25, 0.3) is 0 Å². The van der Waals surface area contributed by atoms with Crippen LogP contribution in [0.25, 0.3) is 0 Å². The molecule has 3 nitrogen and oxygen atoms in total. The summed E-state index contributed by atoms with van der Waals surface area (Å²) >= 11 is 0. The monoisotopic (exact) mass is 261 g/mol. The van der Waals surface area contributed by atoms with E-state index in [0.29, 0.717) is 0 Å². The van der Waals surface area contributed by atoms with Gasteiger partial charge in [-0.3, -0.25) is 0 Å². The lowest BCUT2D eigenvalue weighted by Gasteiger charge is -2.40. The fraction of sp³-hybridized carbons (Fsp3) is 0.625. The molecule has 3 heteroatoms. The van der Waals surface area contributed by atoms with Crippen LogP contribution in [0.3, 0.4) is 0 Å². The Labute approximate surface area is 115 Å². The zero-order chi connectivity index (χ0) is 13.3. The van der Waals surface area contributed by atoms with Crippen molar-refractivity contribution in [3.8, 4) is 5.75 Å². The van der Waals surface area contributed by atoms with Crippen molar-refractivity contribution < 1.29 is 9.84 Å². The quantitative estimate of drug-likeness (QED) is 0.843. The second-order valence-corrected chi connectivity index (χ2v) is 5.83. The summed E-state index contributed by atoms with van der Waals surface area (Å²) in [4.78, 5) is 2.48. The number of aliphatic hydroxyl groups excluding tert-OH is 1. The van der Waals surface area contributed by atoms with Gasteiger partial charge < -0.3 is 14.7 Å². The highest BCUT2D eigenvalue weighted by Crippen LogP contribution is 2.43. The van der Waals surface area contributed by atoms with Crippen molar-refractivity contribution in [2.24, 2.45) is 0 Å². The van der Waals surface area contributed by atoms with Crippen LogP contribution in [0.4, 0.5) is 0 Å². The van der Waals surface area contributed by atoms with Crippen LogP contribution >= 0.6 is 0 Å². The van der Waals surface area contributed by atoms with E-state index in [9.17, 15) is 5.11 Å². The lowest BCUT2D eigenvalue weighted by molar-refractivity contribution is -0.0238. The van der Waals surface area contributed by atoms with E-state index in [4.69, 9.17) is 4.74 Å². The normalized spacial score (nSPS) is 31.6. The molecule has 1 fully saturated rings. The number of likely N-dealkylation sites (tertiary alicyclic amines) is 1. The van der Waals surface area contributed by atoms with E-state index >= 15 is 0 Å². The summed E-state index contributed by atoms with van der Waals surface area (Å²) in [6.07, 6.45) is 3.59. The molecule has 1 saturated heterocycles. The fourth-order valence-corrected chi connectivity index (χ4v) is 3.43. The second-order valence-electron chi connectivity index (χ2n) is 5.83. The molecular weight excluding hydrogens is 238 g/mol. The van der Waals surface area contributed by atoms with E-state index in [1.54, 1.807) is 0 Å². The first-order valence-corrected chi connectivity index (χ1v) is 7.41. The maximum absolute atomic E-state index is 10.4. The van der Waals surface area contributed by atoms with Crippen molar-refractivity contribution in [2.45, 2.75) is 44.3 Å². The molecule has 2 aliphatic heterocycles. The van der Waals surface area contributed by atoms with Crippen molar-refractivity contribution in [2.75, 3.05) is 19.6 Å². The van der Waals surface area contributed by atoms with E-state index in [2.05, 4.69) is 11.8 Å². The summed E-state index contributed by atoms with van der Waals surface area (Å²) in [6.45, 7) is 5.55. The molecule has 2 aliphatic rings. The number of rotatable bonds is 1. The largest absolute Gasteiger partial charge is 0.487 e. The molecular formula is C16H23NO2. The Morgan fingerprint density at radius 1 is 1.32 bits per heavy atom. The smallest absolute Gasteiger partial charge is 0.125 e. The number of ether oxygens (including phenoxy) is 1. The first kappa shape index (κ1) is 12.9. The maximum Gasteiger partial charge on any atom is 0.125 e. The van der Waals surface area contributed by atoms with E-state index in [1.165, 1.54) is 0 Å². The van der Waals surface area contributed by atoms with Gasteiger partial charge >= 0.3 is 0 Å². The molecule has 104 valence electrons.